The van der Waals surface area contributed by atoms with Gasteiger partial charge in [0.2, 0.25) is 0 Å². The molecule has 1 aromatic heterocycles. The first kappa shape index (κ1) is 13.3. The summed E-state index contributed by atoms with van der Waals surface area (Å²) in [4.78, 5) is 26.2. The molecule has 0 radical (unpaired) electrons. The van der Waals surface area contributed by atoms with E-state index in [0.29, 0.717) is 12.8 Å². The lowest BCUT2D eigenvalue weighted by Gasteiger charge is -2.14. The molecule has 6 nitrogen and oxygen atoms in total. The molecule has 0 aliphatic heterocycles. The summed E-state index contributed by atoms with van der Waals surface area (Å²) in [7, 11) is 1.30. The molecular weight excluding hydrogens is 248 g/mol. The van der Waals surface area contributed by atoms with Crippen molar-refractivity contribution in [2.45, 2.75) is 25.3 Å². The van der Waals surface area contributed by atoms with Crippen molar-refractivity contribution in [3.63, 3.8) is 0 Å². The Kier molecular flexibility index (Phi) is 3.99. The summed E-state index contributed by atoms with van der Waals surface area (Å²) in [6, 6.07) is 3.48. The Morgan fingerprint density at radius 2 is 2.26 bits per heavy atom. The first-order chi connectivity index (χ1) is 9.10. The topological polar surface area (TPSA) is 88.5 Å². The lowest BCUT2D eigenvalue weighted by molar-refractivity contribution is -0.141. The molecule has 19 heavy (non-hydrogen) atoms. The number of carbonyl (C=O) groups is 2. The number of pyridine rings is 1. The molecule has 0 aromatic carbocycles. The highest BCUT2D eigenvalue weighted by molar-refractivity contribution is 5.88. The number of methoxy groups -OCH3 is 1. The van der Waals surface area contributed by atoms with Gasteiger partial charge in [0.1, 0.15) is 5.69 Å². The van der Waals surface area contributed by atoms with Gasteiger partial charge in [-0.25, -0.2) is 9.78 Å². The third kappa shape index (κ3) is 3.21. The minimum absolute atomic E-state index is 0.119. The summed E-state index contributed by atoms with van der Waals surface area (Å²) in [6.45, 7) is 0. The van der Waals surface area contributed by atoms with Crippen molar-refractivity contribution >= 4 is 17.6 Å². The second-order valence-corrected chi connectivity index (χ2v) is 4.61. The number of carbonyl (C=O) groups excluding carboxylic acids is 1. The third-order valence-electron chi connectivity index (χ3n) is 3.31. The predicted molar refractivity (Wildman–Crippen MR) is 68.0 cm³/mol. The highest BCUT2D eigenvalue weighted by atomic mass is 16.5. The Labute approximate surface area is 110 Å². The number of anilines is 1. The second-order valence-electron chi connectivity index (χ2n) is 4.61. The van der Waals surface area contributed by atoms with Crippen LogP contribution in [0, 0.1) is 5.92 Å². The van der Waals surface area contributed by atoms with Crippen LogP contribution in [0.2, 0.25) is 0 Å². The van der Waals surface area contributed by atoms with Crippen molar-refractivity contribution in [3.05, 3.63) is 24.0 Å². The molecule has 6 heteroatoms. The van der Waals surface area contributed by atoms with Gasteiger partial charge in [0.25, 0.3) is 0 Å². The van der Waals surface area contributed by atoms with E-state index in [4.69, 9.17) is 5.11 Å². The highest BCUT2D eigenvalue weighted by Gasteiger charge is 2.29. The van der Waals surface area contributed by atoms with Crippen molar-refractivity contribution in [1.82, 2.24) is 4.98 Å². The predicted octanol–water partition coefficient (Wildman–Crippen LogP) is 1.53. The van der Waals surface area contributed by atoms with Crippen LogP contribution in [-0.4, -0.2) is 35.2 Å². The lowest BCUT2D eigenvalue weighted by Crippen LogP contribution is -2.18. The number of ether oxygens (including phenoxy) is 1. The van der Waals surface area contributed by atoms with Crippen molar-refractivity contribution in [2.24, 2.45) is 5.92 Å². The maximum absolute atomic E-state index is 11.4. The maximum Gasteiger partial charge on any atom is 0.356 e. The molecule has 0 spiro atoms. The third-order valence-corrected chi connectivity index (χ3v) is 3.31. The van der Waals surface area contributed by atoms with Crippen LogP contribution in [0.1, 0.15) is 29.8 Å². The van der Waals surface area contributed by atoms with Crippen LogP contribution >= 0.6 is 0 Å². The average molecular weight is 264 g/mol. The number of esters is 1. The van der Waals surface area contributed by atoms with Gasteiger partial charge in [0, 0.05) is 17.9 Å². The fourth-order valence-electron chi connectivity index (χ4n) is 2.31. The standard InChI is InChI=1S/C13H16N2O4/c1-19-13(18)11-7-10(4-5-14-11)15-9-3-2-8(6-9)12(16)17/h4-5,7-9H,2-3,6H2,1H3,(H,14,15)(H,16,17)/t8-,9+/m1/s1. The van der Waals surface area contributed by atoms with Crippen LogP contribution in [0.3, 0.4) is 0 Å². The van der Waals surface area contributed by atoms with E-state index in [1.54, 1.807) is 12.1 Å². The SMILES string of the molecule is COC(=O)c1cc(N[C@H]2CC[C@@H](C(=O)O)C2)ccn1. The zero-order valence-corrected chi connectivity index (χ0v) is 10.6. The fourth-order valence-corrected chi connectivity index (χ4v) is 2.31. The molecule has 0 amide bonds. The number of nitrogens with one attached hydrogen (secondary N) is 1. The minimum Gasteiger partial charge on any atom is -0.481 e. The maximum atomic E-state index is 11.4. The van der Waals surface area contributed by atoms with Gasteiger partial charge in [-0.3, -0.25) is 4.79 Å². The summed E-state index contributed by atoms with van der Waals surface area (Å²) in [5.41, 5.74) is 0.992. The molecule has 2 atom stereocenters. The van der Waals surface area contributed by atoms with Gasteiger partial charge in [0.15, 0.2) is 0 Å². The summed E-state index contributed by atoms with van der Waals surface area (Å²) >= 11 is 0. The van der Waals surface area contributed by atoms with Crippen LogP contribution in [0.15, 0.2) is 18.3 Å². The van der Waals surface area contributed by atoms with E-state index >= 15 is 0 Å². The van der Waals surface area contributed by atoms with Crippen LogP contribution < -0.4 is 5.32 Å². The number of aromatic nitrogens is 1. The largest absolute Gasteiger partial charge is 0.481 e. The molecule has 1 aromatic rings. The van der Waals surface area contributed by atoms with Gasteiger partial charge in [-0.05, 0) is 31.4 Å². The average Bonchev–Trinajstić information content (AvgIpc) is 2.87. The van der Waals surface area contributed by atoms with E-state index in [9.17, 15) is 9.59 Å². The molecule has 1 fully saturated rings. The Morgan fingerprint density at radius 1 is 1.47 bits per heavy atom. The number of rotatable bonds is 4. The Hall–Kier alpha value is -2.11. The molecular formula is C13H16N2O4. The molecule has 1 aliphatic rings. The van der Waals surface area contributed by atoms with E-state index in [1.165, 1.54) is 13.3 Å². The monoisotopic (exact) mass is 264 g/mol. The summed E-state index contributed by atoms with van der Waals surface area (Å²) in [6.07, 6.45) is 3.62. The lowest BCUT2D eigenvalue weighted by atomic mass is 10.1. The summed E-state index contributed by atoms with van der Waals surface area (Å²) in [5.74, 6) is -1.51. The normalized spacial score (nSPS) is 21.9. The van der Waals surface area contributed by atoms with Gasteiger partial charge >= 0.3 is 11.9 Å². The van der Waals surface area contributed by atoms with Crippen LogP contribution in [-0.2, 0) is 9.53 Å². The Bertz CT molecular complexity index is 489. The zero-order valence-electron chi connectivity index (χ0n) is 10.6. The van der Waals surface area contributed by atoms with Crippen molar-refractivity contribution < 1.29 is 19.4 Å². The molecule has 0 bridgehead atoms. The number of carboxylic acid groups (broad SMARTS) is 1. The molecule has 2 N–H and O–H groups in total. The highest BCUT2D eigenvalue weighted by Crippen LogP contribution is 2.28. The summed E-state index contributed by atoms with van der Waals surface area (Å²) < 4.78 is 4.60. The number of aliphatic carboxylic acids is 1. The van der Waals surface area contributed by atoms with Crippen LogP contribution in [0.5, 0.6) is 0 Å². The number of hydrogen-bond acceptors (Lipinski definition) is 5. The molecule has 1 aliphatic carbocycles. The first-order valence-corrected chi connectivity index (χ1v) is 6.14. The van der Waals surface area contributed by atoms with E-state index in [1.807, 2.05) is 0 Å². The van der Waals surface area contributed by atoms with Crippen LogP contribution in [0.25, 0.3) is 0 Å². The quantitative estimate of drug-likeness (QED) is 0.802. The zero-order chi connectivity index (χ0) is 13.8. The van der Waals surface area contributed by atoms with E-state index in [2.05, 4.69) is 15.0 Å². The molecule has 0 unspecified atom stereocenters. The van der Waals surface area contributed by atoms with Gasteiger partial charge in [-0.2, -0.15) is 0 Å². The molecule has 1 heterocycles. The van der Waals surface area contributed by atoms with E-state index in [-0.39, 0.29) is 17.7 Å². The number of carboxylic acids is 1. The Balaban J connectivity index is 2.00. The van der Waals surface area contributed by atoms with Gasteiger partial charge in [0.05, 0.1) is 13.0 Å². The fraction of sp³-hybridized carbons (Fsp3) is 0.462. The van der Waals surface area contributed by atoms with Gasteiger partial charge in [-0.1, -0.05) is 0 Å². The molecule has 1 saturated carbocycles. The van der Waals surface area contributed by atoms with Crippen molar-refractivity contribution in [1.29, 1.82) is 0 Å². The van der Waals surface area contributed by atoms with E-state index in [0.717, 1.165) is 12.1 Å². The molecule has 0 saturated heterocycles. The second kappa shape index (κ2) is 5.69. The molecule has 102 valence electrons. The van der Waals surface area contributed by atoms with Crippen molar-refractivity contribution in [3.8, 4) is 0 Å². The van der Waals surface area contributed by atoms with Gasteiger partial charge < -0.3 is 15.2 Å². The number of nitrogens with zero attached hydrogens (tertiary/aromatic N) is 1. The van der Waals surface area contributed by atoms with Crippen LogP contribution in [0.4, 0.5) is 5.69 Å². The smallest absolute Gasteiger partial charge is 0.356 e. The van der Waals surface area contributed by atoms with E-state index < -0.39 is 11.9 Å². The minimum atomic E-state index is -0.741. The molecule has 2 rings (SSSR count). The summed E-state index contributed by atoms with van der Waals surface area (Å²) in [5, 5.41) is 12.2. The van der Waals surface area contributed by atoms with Gasteiger partial charge in [-0.15, -0.1) is 0 Å². The first-order valence-electron chi connectivity index (χ1n) is 6.14. The Morgan fingerprint density at radius 3 is 2.89 bits per heavy atom. The number of hydrogen-bond donors (Lipinski definition) is 2. The van der Waals surface area contributed by atoms with Crippen molar-refractivity contribution in [2.75, 3.05) is 12.4 Å².